The molecule has 130 valence electrons. The highest BCUT2D eigenvalue weighted by molar-refractivity contribution is 7.98. The van der Waals surface area contributed by atoms with E-state index in [-0.39, 0.29) is 0 Å². The van der Waals surface area contributed by atoms with Crippen LogP contribution in [0.15, 0.2) is 0 Å². The van der Waals surface area contributed by atoms with Crippen LogP contribution in [0.1, 0.15) is 0 Å². The maximum atomic E-state index is 10.0. The number of rotatable bonds is 5. The van der Waals surface area contributed by atoms with Crippen LogP contribution in [-0.4, -0.2) is 105 Å². The highest BCUT2D eigenvalue weighted by atomic mass is 32.2. The Morgan fingerprint density at radius 3 is 2.18 bits per heavy atom. The lowest BCUT2D eigenvalue weighted by molar-refractivity contribution is -0.320. The quantitative estimate of drug-likeness (QED) is 0.299. The van der Waals surface area contributed by atoms with Gasteiger partial charge in [0.2, 0.25) is 0 Å². The Balaban J connectivity index is 2.04. The van der Waals surface area contributed by atoms with Crippen LogP contribution in [0.5, 0.6) is 0 Å². The number of hydrogen-bond donors (Lipinski definition) is 6. The smallest absolute Gasteiger partial charge is 0.187 e. The van der Waals surface area contributed by atoms with Gasteiger partial charge in [-0.2, -0.15) is 11.8 Å². The van der Waals surface area contributed by atoms with Gasteiger partial charge in [0, 0.05) is 5.75 Å². The summed E-state index contributed by atoms with van der Waals surface area (Å²) in [7, 11) is 0. The molecule has 22 heavy (non-hydrogen) atoms. The number of aliphatic hydroxyl groups is 6. The van der Waals surface area contributed by atoms with Gasteiger partial charge in [-0.3, -0.25) is 0 Å². The zero-order chi connectivity index (χ0) is 16.4. The number of thioether (sulfide) groups is 1. The van der Waals surface area contributed by atoms with Gasteiger partial charge in [-0.15, -0.1) is 0 Å². The number of hydrogen-bond acceptors (Lipinski definition) is 10. The molecule has 0 aliphatic carbocycles. The first-order valence-corrected chi connectivity index (χ1v) is 8.26. The fraction of sp³-hybridized carbons (Fsp3) is 1.00. The summed E-state index contributed by atoms with van der Waals surface area (Å²) in [5.74, 6) is 0.429. The summed E-state index contributed by atoms with van der Waals surface area (Å²) in [6, 6.07) is 0. The lowest BCUT2D eigenvalue weighted by Crippen LogP contribution is -2.60. The normalized spacial score (nSPS) is 49.5. The van der Waals surface area contributed by atoms with Gasteiger partial charge in [0.25, 0.3) is 0 Å². The summed E-state index contributed by atoms with van der Waals surface area (Å²) in [6.45, 7) is -0.587. The third-order valence-corrected chi connectivity index (χ3v) is 4.44. The molecule has 0 spiro atoms. The van der Waals surface area contributed by atoms with E-state index in [2.05, 4.69) is 0 Å². The molecule has 0 amide bonds. The van der Waals surface area contributed by atoms with Crippen molar-refractivity contribution in [2.24, 2.45) is 0 Å². The van der Waals surface area contributed by atoms with E-state index < -0.39 is 61.9 Å². The average molecular weight is 342 g/mol. The number of aliphatic hydroxyl groups excluding tert-OH is 6. The summed E-state index contributed by atoms with van der Waals surface area (Å²) >= 11 is 1.41. The van der Waals surface area contributed by atoms with Gasteiger partial charge in [0.1, 0.15) is 36.6 Å². The van der Waals surface area contributed by atoms with E-state index in [1.807, 2.05) is 6.26 Å². The standard InChI is InChI=1S/C12H22O9S/c1-22-3-5-6(14)8(16)12(20-5)21-10-7(15)4(2-13)19-11(18)9(10)17/h4-18H,2-3H2,1H3/t4-,5-,6+,7-,8-,9+,10+,11+,12-/m1/s1. The minimum Gasteiger partial charge on any atom is -0.394 e. The second kappa shape index (κ2) is 7.71. The van der Waals surface area contributed by atoms with Gasteiger partial charge >= 0.3 is 0 Å². The van der Waals surface area contributed by atoms with Crippen LogP contribution in [0.4, 0.5) is 0 Å². The van der Waals surface area contributed by atoms with Crippen LogP contribution in [-0.2, 0) is 14.2 Å². The monoisotopic (exact) mass is 342 g/mol. The first kappa shape index (κ1) is 18.3. The second-order valence-electron chi connectivity index (χ2n) is 5.31. The molecular weight excluding hydrogens is 320 g/mol. The molecule has 2 fully saturated rings. The molecule has 2 aliphatic heterocycles. The van der Waals surface area contributed by atoms with E-state index in [4.69, 9.17) is 19.3 Å². The molecule has 2 heterocycles. The van der Waals surface area contributed by atoms with Crippen LogP contribution in [0.2, 0.25) is 0 Å². The van der Waals surface area contributed by atoms with Crippen molar-refractivity contribution >= 4 is 11.8 Å². The molecule has 2 rings (SSSR count). The third-order valence-electron chi connectivity index (χ3n) is 3.78. The van der Waals surface area contributed by atoms with Crippen LogP contribution in [0.3, 0.4) is 0 Å². The van der Waals surface area contributed by atoms with Gasteiger partial charge in [-0.05, 0) is 6.26 Å². The molecule has 0 bridgehead atoms. The first-order valence-electron chi connectivity index (χ1n) is 6.87. The van der Waals surface area contributed by atoms with Gasteiger partial charge in [0.05, 0.1) is 12.7 Å². The highest BCUT2D eigenvalue weighted by Crippen LogP contribution is 2.29. The molecule has 0 unspecified atom stereocenters. The molecule has 2 saturated heterocycles. The molecule has 0 aromatic heterocycles. The van der Waals surface area contributed by atoms with Crippen LogP contribution < -0.4 is 0 Å². The van der Waals surface area contributed by atoms with Crippen LogP contribution in [0.25, 0.3) is 0 Å². The van der Waals surface area contributed by atoms with Crippen molar-refractivity contribution in [1.29, 1.82) is 0 Å². The fourth-order valence-corrected chi connectivity index (χ4v) is 3.12. The summed E-state index contributed by atoms with van der Waals surface area (Å²) < 4.78 is 15.6. The van der Waals surface area contributed by atoms with Crippen molar-refractivity contribution in [2.75, 3.05) is 18.6 Å². The van der Waals surface area contributed by atoms with Crippen LogP contribution in [0, 0.1) is 0 Å². The Morgan fingerprint density at radius 2 is 1.59 bits per heavy atom. The maximum absolute atomic E-state index is 10.0. The van der Waals surface area contributed by atoms with E-state index in [9.17, 15) is 25.5 Å². The lowest BCUT2D eigenvalue weighted by atomic mass is 9.99. The summed E-state index contributed by atoms with van der Waals surface area (Å²) in [4.78, 5) is 0. The average Bonchev–Trinajstić information content (AvgIpc) is 2.76. The summed E-state index contributed by atoms with van der Waals surface area (Å²) in [6.07, 6.45) is -9.81. The topological polar surface area (TPSA) is 149 Å². The second-order valence-corrected chi connectivity index (χ2v) is 6.22. The summed E-state index contributed by atoms with van der Waals surface area (Å²) in [5.41, 5.74) is 0. The minimum atomic E-state index is -1.66. The predicted octanol–water partition coefficient (Wildman–Crippen LogP) is -3.39. The highest BCUT2D eigenvalue weighted by Gasteiger charge is 2.50. The third kappa shape index (κ3) is 3.56. The molecule has 0 saturated carbocycles. The predicted molar refractivity (Wildman–Crippen MR) is 73.9 cm³/mol. The van der Waals surface area contributed by atoms with E-state index in [0.29, 0.717) is 5.75 Å². The largest absolute Gasteiger partial charge is 0.394 e. The van der Waals surface area contributed by atoms with Crippen molar-refractivity contribution in [3.05, 3.63) is 0 Å². The Morgan fingerprint density at radius 1 is 0.909 bits per heavy atom. The molecule has 9 atom stereocenters. The van der Waals surface area contributed by atoms with E-state index >= 15 is 0 Å². The first-order chi connectivity index (χ1) is 10.4. The lowest BCUT2D eigenvalue weighted by Gasteiger charge is -2.41. The zero-order valence-corrected chi connectivity index (χ0v) is 12.7. The Bertz CT molecular complexity index is 359. The Kier molecular flexibility index (Phi) is 6.42. The van der Waals surface area contributed by atoms with Crippen molar-refractivity contribution in [2.45, 2.75) is 55.3 Å². The maximum Gasteiger partial charge on any atom is 0.187 e. The van der Waals surface area contributed by atoms with Gasteiger partial charge in [-0.25, -0.2) is 0 Å². The van der Waals surface area contributed by atoms with E-state index in [0.717, 1.165) is 0 Å². The number of ether oxygens (including phenoxy) is 3. The molecule has 0 radical (unpaired) electrons. The molecule has 0 aromatic carbocycles. The fourth-order valence-electron chi connectivity index (χ4n) is 2.51. The van der Waals surface area contributed by atoms with Gasteiger partial charge < -0.3 is 44.8 Å². The van der Waals surface area contributed by atoms with Gasteiger partial charge in [-0.1, -0.05) is 0 Å². The minimum absolute atomic E-state index is 0.429. The molecule has 9 nitrogen and oxygen atoms in total. The van der Waals surface area contributed by atoms with Crippen molar-refractivity contribution in [3.63, 3.8) is 0 Å². The zero-order valence-electron chi connectivity index (χ0n) is 11.9. The Labute approximate surface area is 131 Å². The molecule has 6 N–H and O–H groups in total. The van der Waals surface area contributed by atoms with Crippen LogP contribution >= 0.6 is 11.8 Å². The van der Waals surface area contributed by atoms with Gasteiger partial charge in [0.15, 0.2) is 12.6 Å². The molecule has 2 aliphatic rings. The van der Waals surface area contributed by atoms with E-state index in [1.165, 1.54) is 11.8 Å². The molecule has 0 aromatic rings. The summed E-state index contributed by atoms with van der Waals surface area (Å²) in [5, 5.41) is 58.3. The van der Waals surface area contributed by atoms with E-state index in [1.54, 1.807) is 0 Å². The Hall–Kier alpha value is -0.0100. The van der Waals surface area contributed by atoms with Crippen molar-refractivity contribution < 1.29 is 44.8 Å². The molecule has 10 heteroatoms. The SMILES string of the molecule is CSC[C@H]1O[C@H](O[C@@H]2[C@H](O)[C@@H](O)O[C@H](CO)[C@H]2O)[C@H](O)[C@H]1O. The van der Waals surface area contributed by atoms with Crippen molar-refractivity contribution in [1.82, 2.24) is 0 Å². The van der Waals surface area contributed by atoms with Crippen molar-refractivity contribution in [3.8, 4) is 0 Å². The molecular formula is C12H22O9S.